The highest BCUT2D eigenvalue weighted by molar-refractivity contribution is 9.09. The van der Waals surface area contributed by atoms with Crippen LogP contribution in [-0.2, 0) is 6.54 Å². The number of fused-ring (bicyclic) bond motifs is 1. The fourth-order valence-electron chi connectivity index (χ4n) is 2.02. The maximum atomic E-state index is 11.8. The van der Waals surface area contributed by atoms with Crippen molar-refractivity contribution in [3.05, 3.63) is 68.3 Å². The van der Waals surface area contributed by atoms with Crippen LogP contribution in [0.2, 0.25) is 5.15 Å². The van der Waals surface area contributed by atoms with Crippen LogP contribution in [0.25, 0.3) is 11.0 Å². The van der Waals surface area contributed by atoms with Crippen molar-refractivity contribution in [3.8, 4) is 0 Å². The van der Waals surface area contributed by atoms with Crippen molar-refractivity contribution < 1.29 is 4.42 Å². The van der Waals surface area contributed by atoms with Crippen molar-refractivity contribution in [2.45, 2.75) is 26.3 Å². The molecular formula is C17H17BrClN3O3. The Kier molecular flexibility index (Phi) is 7.33. The first-order chi connectivity index (χ1) is 12.1. The minimum absolute atomic E-state index is 0.122. The Labute approximate surface area is 157 Å². The van der Waals surface area contributed by atoms with Gasteiger partial charge in [-0.05, 0) is 30.7 Å². The number of hydrogen-bond acceptors (Lipinski definition) is 5. The minimum Gasteiger partial charge on any atom is -0.372 e. The second kappa shape index (κ2) is 9.48. The highest BCUT2D eigenvalue weighted by atomic mass is 79.9. The fraction of sp³-hybridized carbons (Fsp3) is 0.294. The first-order valence-corrected chi connectivity index (χ1v) is 9.22. The zero-order valence-electron chi connectivity index (χ0n) is 13.6. The van der Waals surface area contributed by atoms with E-state index in [0.717, 1.165) is 5.33 Å². The summed E-state index contributed by atoms with van der Waals surface area (Å²) in [5.41, 5.74) is 0.129. The molecule has 6 nitrogen and oxygen atoms in total. The smallest absolute Gasteiger partial charge is 0.372 e. The standard InChI is InChI=1S/C13H8ClN3O3.C4H9Br/c14-10-5-1-3-8(16-10)7-17-11-9(4-2-6-15-11)12(18)20-13(17)19;1-2-3-4-5/h1-6H,7H2;2-4H2,1H3. The maximum Gasteiger partial charge on any atom is 0.423 e. The molecule has 132 valence electrons. The topological polar surface area (TPSA) is 78.0 Å². The van der Waals surface area contributed by atoms with Crippen molar-refractivity contribution in [2.24, 2.45) is 0 Å². The minimum atomic E-state index is -0.775. The highest BCUT2D eigenvalue weighted by Crippen LogP contribution is 2.09. The van der Waals surface area contributed by atoms with Gasteiger partial charge in [0.1, 0.15) is 10.5 Å². The molecule has 0 unspecified atom stereocenters. The normalized spacial score (nSPS) is 10.4. The Morgan fingerprint density at radius 1 is 1.24 bits per heavy atom. The van der Waals surface area contributed by atoms with Crippen LogP contribution in [0.4, 0.5) is 0 Å². The predicted octanol–water partition coefficient (Wildman–Crippen LogP) is 3.63. The van der Waals surface area contributed by atoms with Crippen molar-refractivity contribution in [2.75, 3.05) is 5.33 Å². The van der Waals surface area contributed by atoms with Crippen molar-refractivity contribution >= 4 is 38.6 Å². The summed E-state index contributed by atoms with van der Waals surface area (Å²) in [6, 6.07) is 8.24. The van der Waals surface area contributed by atoms with E-state index in [-0.39, 0.29) is 17.6 Å². The van der Waals surface area contributed by atoms with Crippen molar-refractivity contribution in [3.63, 3.8) is 0 Å². The van der Waals surface area contributed by atoms with Crippen molar-refractivity contribution in [1.82, 2.24) is 14.5 Å². The van der Waals surface area contributed by atoms with E-state index in [9.17, 15) is 9.59 Å². The molecule has 3 aromatic rings. The number of rotatable bonds is 4. The third-order valence-electron chi connectivity index (χ3n) is 3.24. The first-order valence-electron chi connectivity index (χ1n) is 7.73. The molecule has 3 rings (SSSR count). The van der Waals surface area contributed by atoms with Gasteiger partial charge in [0.25, 0.3) is 0 Å². The van der Waals surface area contributed by atoms with Gasteiger partial charge in [0, 0.05) is 11.5 Å². The van der Waals surface area contributed by atoms with E-state index in [0.29, 0.717) is 10.8 Å². The summed E-state index contributed by atoms with van der Waals surface area (Å²) in [7, 11) is 0. The molecule has 3 heterocycles. The molecular weight excluding hydrogens is 410 g/mol. The maximum absolute atomic E-state index is 11.8. The summed E-state index contributed by atoms with van der Waals surface area (Å²) in [6.07, 6.45) is 4.11. The summed E-state index contributed by atoms with van der Waals surface area (Å²) in [5, 5.41) is 1.73. The van der Waals surface area contributed by atoms with Crippen LogP contribution in [0, 0.1) is 0 Å². The largest absolute Gasteiger partial charge is 0.423 e. The lowest BCUT2D eigenvalue weighted by molar-refractivity contribution is 0.422. The van der Waals surface area contributed by atoms with E-state index < -0.39 is 11.4 Å². The lowest BCUT2D eigenvalue weighted by Crippen LogP contribution is -2.26. The quantitative estimate of drug-likeness (QED) is 0.470. The van der Waals surface area contributed by atoms with Crippen LogP contribution in [0.1, 0.15) is 25.5 Å². The number of pyridine rings is 2. The molecule has 0 bridgehead atoms. The van der Waals surface area contributed by atoms with Crippen LogP contribution < -0.4 is 11.4 Å². The molecule has 0 spiro atoms. The molecule has 0 saturated carbocycles. The van der Waals surface area contributed by atoms with E-state index >= 15 is 0 Å². The van der Waals surface area contributed by atoms with E-state index in [4.69, 9.17) is 11.6 Å². The Bertz CT molecular complexity index is 954. The van der Waals surface area contributed by atoms with Gasteiger partial charge < -0.3 is 4.42 Å². The molecule has 0 atom stereocenters. The number of alkyl halides is 1. The van der Waals surface area contributed by atoms with Gasteiger partial charge in [-0.1, -0.05) is 46.9 Å². The fourth-order valence-corrected chi connectivity index (χ4v) is 2.76. The molecule has 0 aliphatic carbocycles. The molecule has 8 heteroatoms. The zero-order valence-corrected chi connectivity index (χ0v) is 16.0. The molecule has 0 fully saturated rings. The summed E-state index contributed by atoms with van der Waals surface area (Å²) in [6.45, 7) is 2.30. The Morgan fingerprint density at radius 2 is 2.04 bits per heavy atom. The zero-order chi connectivity index (χ0) is 18.2. The monoisotopic (exact) mass is 425 g/mol. The summed E-state index contributed by atoms with van der Waals surface area (Å²) in [4.78, 5) is 31.6. The van der Waals surface area contributed by atoms with Crippen LogP contribution in [0.15, 0.2) is 50.5 Å². The van der Waals surface area contributed by atoms with Crippen LogP contribution in [0.3, 0.4) is 0 Å². The summed E-state index contributed by atoms with van der Waals surface area (Å²) < 4.78 is 5.92. The Morgan fingerprint density at radius 3 is 2.68 bits per heavy atom. The van der Waals surface area contributed by atoms with Gasteiger partial charge in [0.05, 0.1) is 12.2 Å². The number of halogens is 2. The molecule has 0 amide bonds. The molecule has 25 heavy (non-hydrogen) atoms. The van der Waals surface area contributed by atoms with Crippen LogP contribution >= 0.6 is 27.5 Å². The lowest BCUT2D eigenvalue weighted by Gasteiger charge is -2.06. The highest BCUT2D eigenvalue weighted by Gasteiger charge is 2.11. The molecule has 0 N–H and O–H groups in total. The summed E-state index contributed by atoms with van der Waals surface area (Å²) in [5.74, 6) is -0.775. The second-order valence-corrected chi connectivity index (χ2v) is 6.29. The van der Waals surface area contributed by atoms with Crippen LogP contribution in [0.5, 0.6) is 0 Å². The van der Waals surface area contributed by atoms with Gasteiger partial charge in [-0.15, -0.1) is 0 Å². The Balaban J connectivity index is 0.000000399. The third kappa shape index (κ3) is 5.24. The van der Waals surface area contributed by atoms with Gasteiger partial charge in [0.15, 0.2) is 5.65 Å². The third-order valence-corrected chi connectivity index (χ3v) is 4.01. The molecule has 0 saturated heterocycles. The van der Waals surface area contributed by atoms with E-state index in [2.05, 4.69) is 37.2 Å². The number of hydrogen-bond donors (Lipinski definition) is 0. The molecule has 3 aromatic heterocycles. The first kappa shape index (κ1) is 19.3. The van der Waals surface area contributed by atoms with Crippen molar-refractivity contribution in [1.29, 1.82) is 0 Å². The average Bonchev–Trinajstić information content (AvgIpc) is 2.60. The second-order valence-electron chi connectivity index (χ2n) is 5.11. The average molecular weight is 427 g/mol. The van der Waals surface area contributed by atoms with Crippen LogP contribution in [-0.4, -0.2) is 19.9 Å². The van der Waals surface area contributed by atoms with Gasteiger partial charge in [0.2, 0.25) is 0 Å². The SMILES string of the molecule is CCCCBr.O=c1oc(=O)n(Cc2cccc(Cl)n2)c2ncccc12. The summed E-state index contributed by atoms with van der Waals surface area (Å²) >= 11 is 9.12. The van der Waals surface area contributed by atoms with Gasteiger partial charge in [-0.2, -0.15) is 0 Å². The van der Waals surface area contributed by atoms with Gasteiger partial charge in [-0.25, -0.2) is 19.6 Å². The lowest BCUT2D eigenvalue weighted by atomic mass is 10.3. The van der Waals surface area contributed by atoms with E-state index in [1.165, 1.54) is 23.6 Å². The number of aromatic nitrogens is 3. The number of nitrogens with zero attached hydrogens (tertiary/aromatic N) is 3. The number of unbranched alkanes of at least 4 members (excludes halogenated alkanes) is 1. The van der Waals surface area contributed by atoms with E-state index in [1.54, 1.807) is 30.3 Å². The molecule has 0 aromatic carbocycles. The molecule has 0 radical (unpaired) electrons. The van der Waals surface area contributed by atoms with Gasteiger partial charge >= 0.3 is 11.4 Å². The Hall–Kier alpha value is -1.99. The molecule has 0 aliphatic rings. The molecule has 0 aliphatic heterocycles. The van der Waals surface area contributed by atoms with E-state index in [1.807, 2.05) is 0 Å². The predicted molar refractivity (Wildman–Crippen MR) is 102 cm³/mol. The van der Waals surface area contributed by atoms with Gasteiger partial charge in [-0.3, -0.25) is 4.57 Å².